The molecular weight excluding hydrogens is 258 g/mol. The Morgan fingerprint density at radius 2 is 1.89 bits per heavy atom. The number of anilines is 1. The van der Waals surface area contributed by atoms with Gasteiger partial charge in [0.2, 0.25) is 0 Å². The van der Waals surface area contributed by atoms with Gasteiger partial charge in [-0.1, -0.05) is 0 Å². The van der Waals surface area contributed by atoms with E-state index in [1.165, 1.54) is 0 Å². The zero-order valence-corrected chi connectivity index (χ0v) is 12.6. The van der Waals surface area contributed by atoms with Crippen LogP contribution >= 0.6 is 12.2 Å². The fourth-order valence-corrected chi connectivity index (χ4v) is 2.48. The summed E-state index contributed by atoms with van der Waals surface area (Å²) in [5, 5.41) is 4.19. The fourth-order valence-electron chi connectivity index (χ4n) is 1.99. The quantitative estimate of drug-likeness (QED) is 0.781. The molecule has 0 aliphatic carbocycles. The van der Waals surface area contributed by atoms with Crippen LogP contribution < -0.4 is 10.2 Å². The molecule has 1 aromatic heterocycles. The van der Waals surface area contributed by atoms with E-state index in [1.54, 1.807) is 18.6 Å². The lowest BCUT2D eigenvalue weighted by Crippen LogP contribution is -2.55. The molecule has 2 heterocycles. The van der Waals surface area contributed by atoms with Gasteiger partial charge in [-0.2, -0.15) is 0 Å². The van der Waals surface area contributed by atoms with Crippen LogP contribution in [0, 0.1) is 0 Å². The van der Waals surface area contributed by atoms with Crippen LogP contribution in [0.25, 0.3) is 0 Å². The molecule has 1 fully saturated rings. The van der Waals surface area contributed by atoms with Crippen molar-refractivity contribution in [3.05, 3.63) is 18.6 Å². The first-order valence-electron chi connectivity index (χ1n) is 6.54. The van der Waals surface area contributed by atoms with Crippen molar-refractivity contribution in [2.45, 2.75) is 26.3 Å². The number of thiocarbonyl (C=S) groups is 1. The summed E-state index contributed by atoms with van der Waals surface area (Å²) < 4.78 is 0. The van der Waals surface area contributed by atoms with E-state index >= 15 is 0 Å². The van der Waals surface area contributed by atoms with Crippen LogP contribution in [0.15, 0.2) is 18.6 Å². The van der Waals surface area contributed by atoms with Gasteiger partial charge in [-0.05, 0) is 33.0 Å². The molecule has 0 bridgehead atoms. The Morgan fingerprint density at radius 3 is 2.42 bits per heavy atom. The lowest BCUT2D eigenvalue weighted by molar-refractivity contribution is 0.362. The third-order valence-electron chi connectivity index (χ3n) is 2.92. The van der Waals surface area contributed by atoms with Crippen molar-refractivity contribution >= 4 is 23.1 Å². The van der Waals surface area contributed by atoms with Gasteiger partial charge in [0.05, 0.1) is 6.20 Å². The summed E-state index contributed by atoms with van der Waals surface area (Å²) in [6, 6.07) is 0. The molecule has 0 saturated carbocycles. The van der Waals surface area contributed by atoms with Gasteiger partial charge in [0.25, 0.3) is 0 Å². The molecule has 19 heavy (non-hydrogen) atoms. The van der Waals surface area contributed by atoms with Crippen molar-refractivity contribution in [2.75, 3.05) is 31.1 Å². The normalized spacial score (nSPS) is 16.4. The first-order chi connectivity index (χ1) is 8.96. The van der Waals surface area contributed by atoms with Crippen LogP contribution in [-0.2, 0) is 0 Å². The van der Waals surface area contributed by atoms with Crippen LogP contribution in [-0.4, -0.2) is 51.7 Å². The predicted molar refractivity (Wildman–Crippen MR) is 81.3 cm³/mol. The van der Waals surface area contributed by atoms with Gasteiger partial charge in [0.1, 0.15) is 5.82 Å². The molecule has 1 N–H and O–H groups in total. The first-order valence-corrected chi connectivity index (χ1v) is 6.94. The van der Waals surface area contributed by atoms with Crippen LogP contribution in [0.4, 0.5) is 5.82 Å². The maximum atomic E-state index is 5.45. The largest absolute Gasteiger partial charge is 0.358 e. The second kappa shape index (κ2) is 5.69. The van der Waals surface area contributed by atoms with Crippen LogP contribution in [0.5, 0.6) is 0 Å². The highest BCUT2D eigenvalue weighted by atomic mass is 32.1. The van der Waals surface area contributed by atoms with Gasteiger partial charge in [-0.3, -0.25) is 4.98 Å². The Kier molecular flexibility index (Phi) is 4.19. The van der Waals surface area contributed by atoms with Crippen molar-refractivity contribution in [3.63, 3.8) is 0 Å². The average Bonchev–Trinajstić information content (AvgIpc) is 2.38. The van der Waals surface area contributed by atoms with Crippen molar-refractivity contribution < 1.29 is 0 Å². The summed E-state index contributed by atoms with van der Waals surface area (Å²) in [5.41, 5.74) is 0.0130. The lowest BCUT2D eigenvalue weighted by Gasteiger charge is -2.38. The number of piperazine rings is 1. The van der Waals surface area contributed by atoms with Gasteiger partial charge in [0, 0.05) is 44.1 Å². The number of hydrogen-bond acceptors (Lipinski definition) is 4. The standard InChI is InChI=1S/C13H21N5S/c1-13(2,3)16-12(19)18-8-6-17(7-9-18)11-10-14-4-5-15-11/h4-5,10H,6-9H2,1-3H3,(H,16,19). The third kappa shape index (κ3) is 4.02. The van der Waals surface area contributed by atoms with Gasteiger partial charge >= 0.3 is 0 Å². The maximum absolute atomic E-state index is 5.45. The Bertz CT molecular complexity index is 420. The first kappa shape index (κ1) is 14.0. The molecule has 1 aliphatic rings. The summed E-state index contributed by atoms with van der Waals surface area (Å²) in [6.07, 6.45) is 5.23. The fraction of sp³-hybridized carbons (Fsp3) is 0.615. The summed E-state index contributed by atoms with van der Waals surface area (Å²) in [4.78, 5) is 12.9. The molecule has 0 aromatic carbocycles. The minimum Gasteiger partial charge on any atom is -0.358 e. The van der Waals surface area contributed by atoms with Crippen molar-refractivity contribution in [3.8, 4) is 0 Å². The highest BCUT2D eigenvalue weighted by Crippen LogP contribution is 2.12. The lowest BCUT2D eigenvalue weighted by atomic mass is 10.1. The van der Waals surface area contributed by atoms with E-state index in [0.717, 1.165) is 37.1 Å². The predicted octanol–water partition coefficient (Wildman–Crippen LogP) is 1.27. The molecular formula is C13H21N5S. The summed E-state index contributed by atoms with van der Waals surface area (Å²) in [5.74, 6) is 0.942. The third-order valence-corrected chi connectivity index (χ3v) is 3.28. The van der Waals surface area contributed by atoms with Crippen molar-refractivity contribution in [2.24, 2.45) is 0 Å². The molecule has 5 nitrogen and oxygen atoms in total. The Morgan fingerprint density at radius 1 is 1.21 bits per heavy atom. The van der Waals surface area contributed by atoms with E-state index in [9.17, 15) is 0 Å². The van der Waals surface area contributed by atoms with E-state index in [-0.39, 0.29) is 5.54 Å². The molecule has 1 aliphatic heterocycles. The SMILES string of the molecule is CC(C)(C)NC(=S)N1CCN(c2cnccn2)CC1. The highest BCUT2D eigenvalue weighted by molar-refractivity contribution is 7.80. The van der Waals surface area contributed by atoms with E-state index in [1.807, 2.05) is 0 Å². The molecule has 6 heteroatoms. The second-order valence-electron chi connectivity index (χ2n) is 5.72. The number of nitrogens with one attached hydrogen (secondary N) is 1. The summed E-state index contributed by atoms with van der Waals surface area (Å²) in [6.45, 7) is 10.0. The summed E-state index contributed by atoms with van der Waals surface area (Å²) in [7, 11) is 0. The zero-order valence-electron chi connectivity index (χ0n) is 11.8. The van der Waals surface area contributed by atoms with Crippen LogP contribution in [0.2, 0.25) is 0 Å². The topological polar surface area (TPSA) is 44.3 Å². The molecule has 0 spiro atoms. The van der Waals surface area contributed by atoms with Gasteiger partial charge in [-0.15, -0.1) is 0 Å². The average molecular weight is 279 g/mol. The van der Waals surface area contributed by atoms with Crippen molar-refractivity contribution in [1.29, 1.82) is 0 Å². The van der Waals surface area contributed by atoms with E-state index in [0.29, 0.717) is 0 Å². The van der Waals surface area contributed by atoms with Crippen molar-refractivity contribution in [1.82, 2.24) is 20.2 Å². The minimum atomic E-state index is 0.0130. The maximum Gasteiger partial charge on any atom is 0.169 e. The Labute approximate surface area is 120 Å². The van der Waals surface area contributed by atoms with Crippen LogP contribution in [0.3, 0.4) is 0 Å². The molecule has 0 unspecified atom stereocenters. The smallest absolute Gasteiger partial charge is 0.169 e. The molecule has 2 rings (SSSR count). The Hall–Kier alpha value is -1.43. The highest BCUT2D eigenvalue weighted by Gasteiger charge is 2.22. The van der Waals surface area contributed by atoms with E-state index in [4.69, 9.17) is 12.2 Å². The second-order valence-corrected chi connectivity index (χ2v) is 6.10. The number of rotatable bonds is 1. The van der Waals surface area contributed by atoms with Gasteiger partial charge in [-0.25, -0.2) is 4.98 Å². The monoisotopic (exact) mass is 279 g/mol. The van der Waals surface area contributed by atoms with Gasteiger partial charge in [0.15, 0.2) is 5.11 Å². The summed E-state index contributed by atoms with van der Waals surface area (Å²) >= 11 is 5.45. The molecule has 0 atom stereocenters. The Balaban J connectivity index is 1.88. The number of aromatic nitrogens is 2. The van der Waals surface area contributed by atoms with E-state index < -0.39 is 0 Å². The molecule has 0 amide bonds. The van der Waals surface area contributed by atoms with Crippen LogP contribution in [0.1, 0.15) is 20.8 Å². The zero-order chi connectivity index (χ0) is 13.9. The number of hydrogen-bond donors (Lipinski definition) is 1. The molecule has 1 aromatic rings. The van der Waals surface area contributed by atoms with Gasteiger partial charge < -0.3 is 15.1 Å². The number of nitrogens with zero attached hydrogens (tertiary/aromatic N) is 4. The minimum absolute atomic E-state index is 0.0130. The molecule has 104 valence electrons. The van der Waals surface area contributed by atoms with E-state index in [2.05, 4.69) is 45.9 Å². The molecule has 1 saturated heterocycles. The molecule has 0 radical (unpaired) electrons.